The van der Waals surface area contributed by atoms with E-state index in [0.717, 1.165) is 122 Å². The van der Waals surface area contributed by atoms with Crippen molar-refractivity contribution in [1.29, 1.82) is 0 Å². The predicted molar refractivity (Wildman–Crippen MR) is 513 cm³/mol. The van der Waals surface area contributed by atoms with Crippen molar-refractivity contribution < 1.29 is 4.39 Å². The fourth-order valence-electron chi connectivity index (χ4n) is 15.4. The molecule has 0 saturated carbocycles. The molecule has 15 aromatic carbocycles. The van der Waals surface area contributed by atoms with Crippen LogP contribution in [0.15, 0.2) is 406 Å². The van der Waals surface area contributed by atoms with Gasteiger partial charge in [-0.25, -0.2) is 29.3 Å². The molecule has 0 saturated heterocycles. The van der Waals surface area contributed by atoms with Crippen LogP contribution in [0.5, 0.6) is 0 Å². The molecule has 20 aromatic rings. The maximum atomic E-state index is 13.6. The summed E-state index contributed by atoms with van der Waals surface area (Å²) in [7, 11) is 0. The SMILES string of the molecule is Cc1cc(-c2nc3ccccc3n(Cc3ccccc3)c2=O)ccc1F.Cc1ccc(-c2nc3ccccc3n(Cc3ccccc3)c2=O)cc1.Cc1ccc(-c2nc3ccccc3n(Cc3ccccc3)c2=O)cc1.Cc1ccc(N)c(-c2nc3ccccc3n(Cc3ccccc3)c2=O)c1.Cc1cccc(-c2nc3ccccc3n(Cc3ccccc3)c2=O)c1. The number of aryl methyl sites for hydroxylation is 5. The Kier molecular flexibility index (Phi) is 25.8. The molecule has 20 rings (SSSR count). The third kappa shape index (κ3) is 19.6. The first-order valence-electron chi connectivity index (χ1n) is 41.9. The van der Waals surface area contributed by atoms with Crippen molar-refractivity contribution in [2.45, 2.75) is 67.3 Å². The number of hydrogen-bond donors (Lipinski definition) is 1. The lowest BCUT2D eigenvalue weighted by Gasteiger charge is -2.14. The topological polar surface area (TPSA) is 200 Å². The minimum absolute atomic E-state index is 0.0619. The predicted octanol–water partition coefficient (Wildman–Crippen LogP) is 21.8. The first-order chi connectivity index (χ1) is 61.9. The van der Waals surface area contributed by atoms with Crippen molar-refractivity contribution in [3.63, 3.8) is 0 Å². The average molecular weight is 1660 g/mol. The number of nitrogen functional groups attached to an aromatic ring is 1. The molecule has 0 amide bonds. The molecule has 0 bridgehead atoms. The number of fused-ring (bicyclic) bond motifs is 5. The summed E-state index contributed by atoms with van der Waals surface area (Å²) in [6, 6.07) is 123. The molecule has 17 heteroatoms. The van der Waals surface area contributed by atoms with Gasteiger partial charge >= 0.3 is 0 Å². The van der Waals surface area contributed by atoms with E-state index in [1.54, 1.807) is 28.2 Å². The van der Waals surface area contributed by atoms with Gasteiger partial charge in [0, 0.05) is 33.5 Å². The Morgan fingerprint density at radius 2 is 0.488 bits per heavy atom. The zero-order chi connectivity index (χ0) is 87.9. The van der Waals surface area contributed by atoms with Gasteiger partial charge in [-0.15, -0.1) is 0 Å². The summed E-state index contributed by atoms with van der Waals surface area (Å²) in [5, 5.41) is 0. The highest BCUT2D eigenvalue weighted by molar-refractivity contribution is 5.84. The normalized spacial score (nSPS) is 10.9. The van der Waals surface area contributed by atoms with Crippen molar-refractivity contribution >= 4 is 60.9 Å². The number of halogens is 1. The Hall–Kier alpha value is -16.3. The van der Waals surface area contributed by atoms with Gasteiger partial charge in [0.05, 0.1) is 87.9 Å². The second kappa shape index (κ2) is 38.9. The number of benzene rings is 15. The zero-order valence-electron chi connectivity index (χ0n) is 70.9. The number of aromatic nitrogens is 10. The smallest absolute Gasteiger partial charge is 0.277 e. The van der Waals surface area contributed by atoms with Crippen LogP contribution in [0.1, 0.15) is 55.6 Å². The molecule has 5 aromatic heterocycles. The molecular weight excluding hydrogens is 1570 g/mol. The lowest BCUT2D eigenvalue weighted by atomic mass is 10.1. The number of para-hydroxylation sites is 10. The molecule has 127 heavy (non-hydrogen) atoms. The van der Waals surface area contributed by atoms with Crippen LogP contribution in [-0.4, -0.2) is 47.8 Å². The molecule has 0 atom stereocenters. The highest BCUT2D eigenvalue weighted by Crippen LogP contribution is 2.29. The minimum atomic E-state index is -0.292. The molecule has 0 aliphatic carbocycles. The van der Waals surface area contributed by atoms with E-state index in [0.29, 0.717) is 83.6 Å². The van der Waals surface area contributed by atoms with E-state index in [4.69, 9.17) is 5.73 Å². The number of nitrogens with two attached hydrogens (primary N) is 1. The summed E-state index contributed by atoms with van der Waals surface area (Å²) < 4.78 is 22.6. The number of rotatable bonds is 15. The highest BCUT2D eigenvalue weighted by Gasteiger charge is 2.21. The van der Waals surface area contributed by atoms with E-state index in [1.165, 1.54) is 6.07 Å². The Bertz CT molecular complexity index is 7500. The van der Waals surface area contributed by atoms with Crippen LogP contribution >= 0.6 is 0 Å². The van der Waals surface area contributed by atoms with E-state index >= 15 is 0 Å². The molecule has 0 spiro atoms. The van der Waals surface area contributed by atoms with E-state index < -0.39 is 0 Å². The van der Waals surface area contributed by atoms with E-state index in [9.17, 15) is 28.4 Å². The maximum absolute atomic E-state index is 13.6. The fraction of sp³-hybridized carbons (Fsp3) is 0.0909. The molecule has 0 unspecified atom stereocenters. The molecule has 5 heterocycles. The van der Waals surface area contributed by atoms with Crippen molar-refractivity contribution in [3.8, 4) is 56.3 Å². The Morgan fingerprint density at radius 1 is 0.236 bits per heavy atom. The summed E-state index contributed by atoms with van der Waals surface area (Å²) in [6.07, 6.45) is 0. The minimum Gasteiger partial charge on any atom is -0.398 e. The largest absolute Gasteiger partial charge is 0.398 e. The Morgan fingerprint density at radius 3 is 0.795 bits per heavy atom. The molecule has 2 N–H and O–H groups in total. The lowest BCUT2D eigenvalue weighted by molar-refractivity contribution is 0.618. The van der Waals surface area contributed by atoms with Gasteiger partial charge in [0.1, 0.15) is 34.3 Å². The molecule has 0 aliphatic rings. The summed E-state index contributed by atoms with van der Waals surface area (Å²) in [5.74, 6) is -0.292. The zero-order valence-corrected chi connectivity index (χ0v) is 70.9. The van der Waals surface area contributed by atoms with Gasteiger partial charge in [-0.2, -0.15) is 0 Å². The van der Waals surface area contributed by atoms with Gasteiger partial charge in [-0.05, 0) is 165 Å². The third-order valence-electron chi connectivity index (χ3n) is 22.0. The van der Waals surface area contributed by atoms with Crippen molar-refractivity contribution in [3.05, 3.63) is 495 Å². The lowest BCUT2D eigenvalue weighted by Crippen LogP contribution is -2.24. The number of nitrogens with zero attached hydrogens (tertiary/aromatic N) is 10. The first kappa shape index (κ1) is 84.3. The number of hydrogen-bond acceptors (Lipinski definition) is 11. The Balaban J connectivity index is 0.000000117. The van der Waals surface area contributed by atoms with Gasteiger partial charge in [0.2, 0.25) is 0 Å². The summed E-state index contributed by atoms with van der Waals surface area (Å²) >= 11 is 0. The first-order valence-corrected chi connectivity index (χ1v) is 41.9. The van der Waals surface area contributed by atoms with Gasteiger partial charge < -0.3 is 28.6 Å². The molecule has 16 nitrogen and oxygen atoms in total. The maximum Gasteiger partial charge on any atom is 0.277 e. The second-order valence-corrected chi connectivity index (χ2v) is 31.3. The summed E-state index contributed by atoms with van der Waals surface area (Å²) in [6.45, 7) is 12.3. The van der Waals surface area contributed by atoms with Crippen LogP contribution in [0.25, 0.3) is 111 Å². The highest BCUT2D eigenvalue weighted by atomic mass is 19.1. The summed E-state index contributed by atoms with van der Waals surface area (Å²) in [4.78, 5) is 89.2. The van der Waals surface area contributed by atoms with Crippen LogP contribution in [0.2, 0.25) is 0 Å². The molecule has 0 aliphatic heterocycles. The van der Waals surface area contributed by atoms with Crippen LogP contribution in [-0.2, 0) is 32.7 Å². The van der Waals surface area contributed by atoms with Gasteiger partial charge in [0.15, 0.2) is 0 Å². The monoisotopic (exact) mass is 1660 g/mol. The molecule has 0 radical (unpaired) electrons. The van der Waals surface area contributed by atoms with E-state index in [1.807, 2.05) is 405 Å². The molecule has 0 fully saturated rings. The third-order valence-corrected chi connectivity index (χ3v) is 22.0. The fourth-order valence-corrected chi connectivity index (χ4v) is 15.4. The van der Waals surface area contributed by atoms with Crippen molar-refractivity contribution in [1.82, 2.24) is 47.8 Å². The van der Waals surface area contributed by atoms with Crippen LogP contribution in [0.3, 0.4) is 0 Å². The summed E-state index contributed by atoms with van der Waals surface area (Å²) in [5.41, 5.74) is 30.8. The average Bonchev–Trinajstić information content (AvgIpc) is 0.790. The number of anilines is 1. The Labute approximate surface area is 733 Å². The van der Waals surface area contributed by atoms with Gasteiger partial charge in [-0.3, -0.25) is 24.0 Å². The van der Waals surface area contributed by atoms with Crippen LogP contribution in [0, 0.1) is 40.4 Å². The van der Waals surface area contributed by atoms with Gasteiger partial charge in [0.25, 0.3) is 27.8 Å². The second-order valence-electron chi connectivity index (χ2n) is 31.3. The van der Waals surface area contributed by atoms with Gasteiger partial charge in [-0.1, -0.05) is 307 Å². The molecular formula is C110H90FN11O5. The quantitative estimate of drug-likeness (QED) is 0.0957. The van der Waals surface area contributed by atoms with E-state index in [-0.39, 0.29) is 33.6 Å². The van der Waals surface area contributed by atoms with Crippen LogP contribution < -0.4 is 33.5 Å². The standard InChI is InChI=1S/C22H17FN2O.C22H19N3O.3C22H18N2O/c1-15-13-17(11-12-18(15)23)21-22(26)25(14-16-7-3-2-4-8-16)20-10-6-5-9-19(20)24-21;1-15-11-12-18(23)17(13-15)21-22(26)25(14-16-7-3-2-4-8-16)20-10-6-5-9-19(20)24-21;1-16-8-7-11-18(14-16)21-22(25)24(15-17-9-3-2-4-10-17)20-13-6-5-12-19(20)23-21;2*1-16-11-13-18(14-12-16)21-22(25)24(15-17-7-3-2-4-8-17)20-10-6-5-9-19(20)23-21/h2-13H,14H2,1H3;2-13H,14,23H2,1H3;3*2-14H,15H2,1H3. The molecule has 622 valence electrons. The van der Waals surface area contributed by atoms with E-state index in [2.05, 4.69) is 24.9 Å². The van der Waals surface area contributed by atoms with Crippen molar-refractivity contribution in [2.24, 2.45) is 0 Å². The van der Waals surface area contributed by atoms with Crippen LogP contribution in [0.4, 0.5) is 10.1 Å². The van der Waals surface area contributed by atoms with Crippen molar-refractivity contribution in [2.75, 3.05) is 5.73 Å².